The zero-order chi connectivity index (χ0) is 13.7. The molecule has 1 aromatic carbocycles. The molecule has 4 heteroatoms. The molecule has 0 unspecified atom stereocenters. The van der Waals surface area contributed by atoms with Crippen LogP contribution >= 0.6 is 0 Å². The van der Waals surface area contributed by atoms with Crippen molar-refractivity contribution in [2.75, 3.05) is 20.7 Å². The van der Waals surface area contributed by atoms with Crippen LogP contribution in [0.1, 0.15) is 17.8 Å². The summed E-state index contributed by atoms with van der Waals surface area (Å²) in [5, 5.41) is 3.14. The molecule has 0 aliphatic carbocycles. The Morgan fingerprint density at radius 3 is 2.95 bits per heavy atom. The summed E-state index contributed by atoms with van der Waals surface area (Å²) in [7, 11) is 3.66. The summed E-state index contributed by atoms with van der Waals surface area (Å²) in [6.45, 7) is 3.08. The highest BCUT2D eigenvalue weighted by Gasteiger charge is 2.09. The second kappa shape index (κ2) is 6.38. The molecule has 0 saturated heterocycles. The van der Waals surface area contributed by atoms with Crippen molar-refractivity contribution in [2.45, 2.75) is 19.8 Å². The van der Waals surface area contributed by atoms with E-state index >= 15 is 0 Å². The first kappa shape index (κ1) is 13.6. The molecule has 0 radical (unpaired) electrons. The number of aromatic amines is 1. The van der Waals surface area contributed by atoms with Crippen molar-refractivity contribution in [3.63, 3.8) is 0 Å². The summed E-state index contributed by atoms with van der Waals surface area (Å²) in [5.74, 6) is 1.89. The van der Waals surface area contributed by atoms with E-state index in [1.54, 1.807) is 7.11 Å². The van der Waals surface area contributed by atoms with Crippen LogP contribution in [0, 0.1) is 6.92 Å². The summed E-state index contributed by atoms with van der Waals surface area (Å²) in [5.41, 5.74) is 3.29. The summed E-state index contributed by atoms with van der Waals surface area (Å²) in [6.07, 6.45) is 3.91. The van der Waals surface area contributed by atoms with E-state index in [4.69, 9.17) is 4.74 Å². The van der Waals surface area contributed by atoms with Gasteiger partial charge >= 0.3 is 0 Å². The predicted octanol–water partition coefficient (Wildman–Crippen LogP) is 2.55. The molecule has 102 valence electrons. The minimum Gasteiger partial charge on any atom is -0.496 e. The van der Waals surface area contributed by atoms with E-state index in [0.717, 1.165) is 42.2 Å². The number of nitrogens with zero attached hydrogens (tertiary/aromatic N) is 1. The fraction of sp³-hybridized carbons (Fsp3) is 0.400. The minimum atomic E-state index is 0.871. The average Bonchev–Trinajstić information content (AvgIpc) is 2.88. The Labute approximate surface area is 114 Å². The van der Waals surface area contributed by atoms with Gasteiger partial charge in [-0.1, -0.05) is 11.6 Å². The van der Waals surface area contributed by atoms with Gasteiger partial charge in [0.05, 0.1) is 19.0 Å². The summed E-state index contributed by atoms with van der Waals surface area (Å²) < 4.78 is 5.40. The van der Waals surface area contributed by atoms with Gasteiger partial charge in [0.25, 0.3) is 0 Å². The Morgan fingerprint density at radius 2 is 2.21 bits per heavy atom. The molecule has 0 fully saturated rings. The first-order valence-corrected chi connectivity index (χ1v) is 6.58. The van der Waals surface area contributed by atoms with Crippen LogP contribution in [0.5, 0.6) is 5.75 Å². The van der Waals surface area contributed by atoms with Crippen LogP contribution < -0.4 is 10.1 Å². The van der Waals surface area contributed by atoms with Gasteiger partial charge in [0, 0.05) is 12.0 Å². The Bertz CT molecular complexity index is 534. The second-order valence-electron chi connectivity index (χ2n) is 4.65. The number of hydrogen-bond acceptors (Lipinski definition) is 3. The molecule has 0 aliphatic rings. The van der Waals surface area contributed by atoms with E-state index in [2.05, 4.69) is 28.3 Å². The maximum absolute atomic E-state index is 5.40. The Kier molecular flexibility index (Phi) is 4.58. The first-order chi connectivity index (χ1) is 9.24. The van der Waals surface area contributed by atoms with Gasteiger partial charge in [-0.3, -0.25) is 0 Å². The summed E-state index contributed by atoms with van der Waals surface area (Å²) in [6, 6.07) is 6.16. The van der Waals surface area contributed by atoms with Crippen molar-refractivity contribution in [2.24, 2.45) is 0 Å². The van der Waals surface area contributed by atoms with Crippen LogP contribution in [0.2, 0.25) is 0 Å². The third-order valence-corrected chi connectivity index (χ3v) is 3.11. The average molecular weight is 259 g/mol. The van der Waals surface area contributed by atoms with E-state index in [-0.39, 0.29) is 0 Å². The maximum Gasteiger partial charge on any atom is 0.128 e. The fourth-order valence-electron chi connectivity index (χ4n) is 2.09. The molecule has 0 saturated carbocycles. The van der Waals surface area contributed by atoms with Crippen molar-refractivity contribution < 1.29 is 4.74 Å². The van der Waals surface area contributed by atoms with E-state index in [9.17, 15) is 0 Å². The standard InChI is InChI=1S/C15H21N3O/c1-11-6-7-14(19-3)12(9-11)13-10-17-15(18-13)5-4-8-16-2/h6-7,9-10,16H,4-5,8H2,1-3H3,(H,17,18). The lowest BCUT2D eigenvalue weighted by Crippen LogP contribution is -2.08. The lowest BCUT2D eigenvalue weighted by molar-refractivity contribution is 0.416. The summed E-state index contributed by atoms with van der Waals surface area (Å²) in [4.78, 5) is 7.80. The van der Waals surface area contributed by atoms with Gasteiger partial charge in [-0.05, 0) is 39.1 Å². The normalized spacial score (nSPS) is 10.7. The van der Waals surface area contributed by atoms with Gasteiger partial charge in [0.15, 0.2) is 0 Å². The maximum atomic E-state index is 5.40. The first-order valence-electron chi connectivity index (χ1n) is 6.58. The SMILES string of the molecule is CNCCCc1ncc(-c2cc(C)ccc2OC)[nH]1. The molecule has 0 bridgehead atoms. The van der Waals surface area contributed by atoms with E-state index in [1.807, 2.05) is 25.4 Å². The third kappa shape index (κ3) is 3.35. The van der Waals surface area contributed by atoms with Crippen molar-refractivity contribution in [3.8, 4) is 17.0 Å². The van der Waals surface area contributed by atoms with Crippen LogP contribution in [0.3, 0.4) is 0 Å². The van der Waals surface area contributed by atoms with Crippen LogP contribution in [-0.4, -0.2) is 30.7 Å². The van der Waals surface area contributed by atoms with E-state index in [0.29, 0.717) is 0 Å². The number of aromatic nitrogens is 2. The molecule has 0 amide bonds. The van der Waals surface area contributed by atoms with Crippen LogP contribution in [0.25, 0.3) is 11.3 Å². The topological polar surface area (TPSA) is 49.9 Å². The molecular weight excluding hydrogens is 238 g/mol. The lowest BCUT2D eigenvalue weighted by Gasteiger charge is -2.07. The molecular formula is C15H21N3O. The van der Waals surface area contributed by atoms with Crippen LogP contribution in [0.15, 0.2) is 24.4 Å². The zero-order valence-corrected chi connectivity index (χ0v) is 11.8. The number of rotatable bonds is 6. The number of benzene rings is 1. The van der Waals surface area contributed by atoms with Crippen molar-refractivity contribution in [3.05, 3.63) is 35.8 Å². The molecule has 0 atom stereocenters. The predicted molar refractivity (Wildman–Crippen MR) is 77.6 cm³/mol. The molecule has 2 N–H and O–H groups in total. The molecule has 0 aliphatic heterocycles. The Morgan fingerprint density at radius 1 is 1.37 bits per heavy atom. The highest BCUT2D eigenvalue weighted by molar-refractivity contribution is 5.67. The number of imidazole rings is 1. The number of ether oxygens (including phenoxy) is 1. The van der Waals surface area contributed by atoms with Gasteiger partial charge < -0.3 is 15.0 Å². The Balaban J connectivity index is 2.20. The third-order valence-electron chi connectivity index (χ3n) is 3.11. The molecule has 2 rings (SSSR count). The van der Waals surface area contributed by atoms with Gasteiger partial charge in [-0.25, -0.2) is 4.98 Å². The minimum absolute atomic E-state index is 0.871. The number of aryl methyl sites for hydroxylation is 2. The quantitative estimate of drug-likeness (QED) is 0.784. The smallest absolute Gasteiger partial charge is 0.128 e. The molecule has 19 heavy (non-hydrogen) atoms. The largest absolute Gasteiger partial charge is 0.496 e. The molecule has 4 nitrogen and oxygen atoms in total. The number of hydrogen-bond donors (Lipinski definition) is 2. The van der Waals surface area contributed by atoms with Gasteiger partial charge in [0.1, 0.15) is 11.6 Å². The van der Waals surface area contributed by atoms with Crippen LogP contribution in [0.4, 0.5) is 0 Å². The number of H-pyrrole nitrogens is 1. The van der Waals surface area contributed by atoms with Crippen molar-refractivity contribution in [1.29, 1.82) is 0 Å². The van der Waals surface area contributed by atoms with Crippen molar-refractivity contribution >= 4 is 0 Å². The number of methoxy groups -OCH3 is 1. The van der Waals surface area contributed by atoms with E-state index < -0.39 is 0 Å². The van der Waals surface area contributed by atoms with Gasteiger partial charge in [-0.15, -0.1) is 0 Å². The van der Waals surface area contributed by atoms with Crippen LogP contribution in [-0.2, 0) is 6.42 Å². The molecule has 1 aromatic heterocycles. The highest BCUT2D eigenvalue weighted by Crippen LogP contribution is 2.29. The molecule has 0 spiro atoms. The monoisotopic (exact) mass is 259 g/mol. The molecule has 1 heterocycles. The van der Waals surface area contributed by atoms with E-state index in [1.165, 1.54) is 5.56 Å². The Hall–Kier alpha value is -1.81. The van der Waals surface area contributed by atoms with Gasteiger partial charge in [-0.2, -0.15) is 0 Å². The summed E-state index contributed by atoms with van der Waals surface area (Å²) >= 11 is 0. The fourth-order valence-corrected chi connectivity index (χ4v) is 2.09. The van der Waals surface area contributed by atoms with Gasteiger partial charge in [0.2, 0.25) is 0 Å². The lowest BCUT2D eigenvalue weighted by atomic mass is 10.1. The van der Waals surface area contributed by atoms with Crippen molar-refractivity contribution in [1.82, 2.24) is 15.3 Å². The molecule has 2 aromatic rings. The zero-order valence-electron chi connectivity index (χ0n) is 11.8. The second-order valence-corrected chi connectivity index (χ2v) is 4.65. The number of nitrogens with one attached hydrogen (secondary N) is 2. The highest BCUT2D eigenvalue weighted by atomic mass is 16.5.